The monoisotopic (exact) mass is 218 g/mol. The minimum Gasteiger partial charge on any atom is -0.497 e. The Morgan fingerprint density at radius 2 is 2.25 bits per heavy atom. The summed E-state index contributed by atoms with van der Waals surface area (Å²) in [6.45, 7) is 0. The van der Waals surface area contributed by atoms with Gasteiger partial charge in [0.25, 0.3) is 0 Å². The maximum Gasteiger partial charge on any atom is 0.171 e. The van der Waals surface area contributed by atoms with Crippen molar-refractivity contribution in [3.63, 3.8) is 0 Å². The van der Waals surface area contributed by atoms with Crippen LogP contribution in [0.5, 0.6) is 5.75 Å². The summed E-state index contributed by atoms with van der Waals surface area (Å²) in [7, 11) is 3.44. The van der Waals surface area contributed by atoms with E-state index in [0.29, 0.717) is 5.82 Å². The van der Waals surface area contributed by atoms with Crippen molar-refractivity contribution >= 4 is 0 Å². The molecule has 0 aliphatic rings. The Labute approximate surface area is 93.9 Å². The zero-order valence-electron chi connectivity index (χ0n) is 9.29. The van der Waals surface area contributed by atoms with E-state index in [9.17, 15) is 0 Å². The predicted molar refractivity (Wildman–Crippen MR) is 60.0 cm³/mol. The number of ether oxygens (including phenoxy) is 1. The Kier molecular flexibility index (Phi) is 2.87. The minimum absolute atomic E-state index is 0.323. The van der Waals surface area contributed by atoms with E-state index in [1.807, 2.05) is 31.3 Å². The molecular weight excluding hydrogens is 204 g/mol. The van der Waals surface area contributed by atoms with Crippen molar-refractivity contribution in [1.29, 1.82) is 0 Å². The zero-order chi connectivity index (χ0) is 11.5. The van der Waals surface area contributed by atoms with Crippen molar-refractivity contribution in [2.24, 2.45) is 12.8 Å². The van der Waals surface area contributed by atoms with Crippen LogP contribution in [0.3, 0.4) is 0 Å². The van der Waals surface area contributed by atoms with Crippen LogP contribution < -0.4 is 10.5 Å². The Balaban J connectivity index is 2.29. The Hall–Kier alpha value is -1.88. The Morgan fingerprint density at radius 3 is 2.88 bits per heavy atom. The average Bonchev–Trinajstić information content (AvgIpc) is 2.75. The molecule has 84 valence electrons. The Morgan fingerprint density at radius 1 is 1.44 bits per heavy atom. The van der Waals surface area contributed by atoms with Crippen molar-refractivity contribution in [1.82, 2.24) is 14.8 Å². The molecule has 2 rings (SSSR count). The molecule has 0 radical (unpaired) electrons. The number of hydrogen-bond donors (Lipinski definition) is 1. The molecule has 0 bridgehead atoms. The smallest absolute Gasteiger partial charge is 0.171 e. The third-order valence-corrected chi connectivity index (χ3v) is 2.35. The van der Waals surface area contributed by atoms with Crippen molar-refractivity contribution in [2.45, 2.75) is 6.04 Å². The van der Waals surface area contributed by atoms with Gasteiger partial charge in [0.2, 0.25) is 0 Å². The summed E-state index contributed by atoms with van der Waals surface area (Å²) in [5, 5.41) is 4.18. The molecule has 2 aromatic rings. The first-order valence-electron chi connectivity index (χ1n) is 4.96. The molecular formula is C11H14N4O. The Bertz CT molecular complexity index is 480. The van der Waals surface area contributed by atoms with Crippen LogP contribution >= 0.6 is 0 Å². The first-order chi connectivity index (χ1) is 7.70. The van der Waals surface area contributed by atoms with Crippen LogP contribution in [-0.2, 0) is 7.05 Å². The van der Waals surface area contributed by atoms with Gasteiger partial charge in [0, 0.05) is 7.05 Å². The molecule has 0 saturated heterocycles. The van der Waals surface area contributed by atoms with Crippen LogP contribution in [0, 0.1) is 0 Å². The number of nitrogens with two attached hydrogens (primary N) is 1. The zero-order valence-corrected chi connectivity index (χ0v) is 9.29. The lowest BCUT2D eigenvalue weighted by Crippen LogP contribution is -2.14. The average molecular weight is 218 g/mol. The number of hydrogen-bond acceptors (Lipinski definition) is 4. The topological polar surface area (TPSA) is 66.0 Å². The van der Waals surface area contributed by atoms with E-state index in [0.717, 1.165) is 11.3 Å². The summed E-state index contributed by atoms with van der Waals surface area (Å²) in [6.07, 6.45) is 1.63. The second-order valence-electron chi connectivity index (χ2n) is 3.53. The molecule has 1 heterocycles. The summed E-state index contributed by atoms with van der Waals surface area (Å²) in [5.74, 6) is 1.39. The highest BCUT2D eigenvalue weighted by atomic mass is 16.5. The van der Waals surface area contributed by atoms with Gasteiger partial charge in [-0.15, -0.1) is 0 Å². The number of benzene rings is 1. The molecule has 0 fully saturated rings. The highest BCUT2D eigenvalue weighted by Gasteiger charge is 2.13. The molecule has 5 heteroatoms. The second kappa shape index (κ2) is 4.32. The highest BCUT2D eigenvalue weighted by molar-refractivity contribution is 5.32. The fraction of sp³-hybridized carbons (Fsp3) is 0.273. The van der Waals surface area contributed by atoms with Crippen molar-refractivity contribution in [2.75, 3.05) is 7.11 Å². The molecule has 0 amide bonds. The minimum atomic E-state index is -0.323. The van der Waals surface area contributed by atoms with Gasteiger partial charge in [0.15, 0.2) is 5.82 Å². The molecule has 0 aliphatic carbocycles. The summed E-state index contributed by atoms with van der Waals surface area (Å²) in [5.41, 5.74) is 7.00. The number of rotatable bonds is 3. The molecule has 16 heavy (non-hydrogen) atoms. The van der Waals surface area contributed by atoms with Crippen LogP contribution in [0.2, 0.25) is 0 Å². The number of aryl methyl sites for hydroxylation is 1. The summed E-state index contributed by atoms with van der Waals surface area (Å²) >= 11 is 0. The lowest BCUT2D eigenvalue weighted by molar-refractivity contribution is 0.414. The van der Waals surface area contributed by atoms with Gasteiger partial charge in [-0.05, 0) is 17.7 Å². The van der Waals surface area contributed by atoms with Crippen LogP contribution in [-0.4, -0.2) is 21.9 Å². The lowest BCUT2D eigenvalue weighted by atomic mass is 10.1. The van der Waals surface area contributed by atoms with E-state index in [1.165, 1.54) is 0 Å². The predicted octanol–water partition coefficient (Wildman–Crippen LogP) is 0.872. The quantitative estimate of drug-likeness (QED) is 0.830. The summed E-state index contributed by atoms with van der Waals surface area (Å²) < 4.78 is 6.78. The molecule has 1 aromatic heterocycles. The van der Waals surface area contributed by atoms with Gasteiger partial charge >= 0.3 is 0 Å². The van der Waals surface area contributed by atoms with Crippen LogP contribution in [0.15, 0.2) is 30.6 Å². The van der Waals surface area contributed by atoms with Gasteiger partial charge in [0.1, 0.15) is 12.1 Å². The third kappa shape index (κ3) is 2.04. The van der Waals surface area contributed by atoms with Gasteiger partial charge in [0.05, 0.1) is 13.2 Å². The number of nitrogens with zero attached hydrogens (tertiary/aromatic N) is 3. The first kappa shape index (κ1) is 10.6. The maximum atomic E-state index is 6.06. The molecule has 0 saturated carbocycles. The van der Waals surface area contributed by atoms with Crippen molar-refractivity contribution < 1.29 is 4.74 Å². The van der Waals surface area contributed by atoms with Gasteiger partial charge in [-0.25, -0.2) is 4.98 Å². The number of aromatic nitrogens is 3. The fourth-order valence-electron chi connectivity index (χ4n) is 1.48. The van der Waals surface area contributed by atoms with Crippen molar-refractivity contribution in [3.05, 3.63) is 42.0 Å². The fourth-order valence-corrected chi connectivity index (χ4v) is 1.48. The molecule has 2 N–H and O–H groups in total. The standard InChI is InChI=1S/C11H14N4O/c1-15-7-13-11(14-15)10(12)8-4-3-5-9(6-8)16-2/h3-7,10H,12H2,1-2H3/t10-/m0/s1. The van der Waals surface area contributed by atoms with Crippen LogP contribution in [0.25, 0.3) is 0 Å². The van der Waals surface area contributed by atoms with Gasteiger partial charge < -0.3 is 10.5 Å². The van der Waals surface area contributed by atoms with Crippen molar-refractivity contribution in [3.8, 4) is 5.75 Å². The number of methoxy groups -OCH3 is 1. The normalized spacial score (nSPS) is 12.4. The van der Waals surface area contributed by atoms with Crippen LogP contribution in [0.1, 0.15) is 17.4 Å². The molecule has 1 aromatic carbocycles. The van der Waals surface area contributed by atoms with E-state index >= 15 is 0 Å². The third-order valence-electron chi connectivity index (χ3n) is 2.35. The molecule has 1 atom stereocenters. The molecule has 0 aliphatic heterocycles. The van der Waals surface area contributed by atoms with E-state index in [1.54, 1.807) is 18.1 Å². The van der Waals surface area contributed by atoms with E-state index in [4.69, 9.17) is 10.5 Å². The van der Waals surface area contributed by atoms with E-state index in [-0.39, 0.29) is 6.04 Å². The summed E-state index contributed by atoms with van der Waals surface area (Å²) in [4.78, 5) is 4.13. The summed E-state index contributed by atoms with van der Waals surface area (Å²) in [6, 6.07) is 7.28. The maximum absolute atomic E-state index is 6.06. The lowest BCUT2D eigenvalue weighted by Gasteiger charge is -2.09. The SMILES string of the molecule is COc1cccc([C@H](N)c2ncn(C)n2)c1. The highest BCUT2D eigenvalue weighted by Crippen LogP contribution is 2.20. The van der Waals surface area contributed by atoms with E-state index in [2.05, 4.69) is 10.1 Å². The first-order valence-corrected chi connectivity index (χ1v) is 4.96. The van der Waals surface area contributed by atoms with Gasteiger partial charge in [-0.2, -0.15) is 5.10 Å². The van der Waals surface area contributed by atoms with Gasteiger partial charge in [-0.3, -0.25) is 4.68 Å². The molecule has 0 unspecified atom stereocenters. The van der Waals surface area contributed by atoms with Gasteiger partial charge in [-0.1, -0.05) is 12.1 Å². The van der Waals surface area contributed by atoms with Crippen LogP contribution in [0.4, 0.5) is 0 Å². The largest absolute Gasteiger partial charge is 0.497 e. The molecule has 5 nitrogen and oxygen atoms in total. The molecule has 0 spiro atoms. The van der Waals surface area contributed by atoms with E-state index < -0.39 is 0 Å². The second-order valence-corrected chi connectivity index (χ2v) is 3.53.